The fraction of sp³-hybridized carbons (Fsp3) is 0.421. The van der Waals surface area contributed by atoms with E-state index in [0.29, 0.717) is 16.6 Å². The molecule has 5 nitrogen and oxygen atoms in total. The molecule has 1 aromatic heterocycles. The van der Waals surface area contributed by atoms with Gasteiger partial charge in [0.2, 0.25) is 5.91 Å². The van der Waals surface area contributed by atoms with Gasteiger partial charge in [-0.05, 0) is 31.0 Å². The van der Waals surface area contributed by atoms with Crippen molar-refractivity contribution in [2.75, 3.05) is 12.9 Å². The van der Waals surface area contributed by atoms with Crippen LogP contribution in [0.2, 0.25) is 0 Å². The molecule has 3 rings (SSSR count). The lowest BCUT2D eigenvalue weighted by Crippen LogP contribution is -2.37. The summed E-state index contributed by atoms with van der Waals surface area (Å²) in [7, 11) is 1.61. The number of nitriles is 1. The number of nitrogens with zero attached hydrogens (tertiary/aromatic N) is 2. The molecule has 1 aromatic carbocycles. The Kier molecular flexibility index (Phi) is 5.77. The summed E-state index contributed by atoms with van der Waals surface area (Å²) >= 11 is 1.31. The number of hydrogen-bond acceptors (Lipinski definition) is 5. The van der Waals surface area contributed by atoms with Gasteiger partial charge in [0.1, 0.15) is 16.8 Å². The molecule has 1 aliphatic rings. The van der Waals surface area contributed by atoms with E-state index < -0.39 is 0 Å². The normalized spacial score (nSPS) is 14.9. The molecule has 0 radical (unpaired) electrons. The summed E-state index contributed by atoms with van der Waals surface area (Å²) in [5.74, 6) is 0.997. The highest BCUT2D eigenvalue weighted by Crippen LogP contribution is 2.27. The minimum Gasteiger partial charge on any atom is -0.497 e. The molecular weight excluding hydrogens is 334 g/mol. The number of ether oxygens (including phenoxy) is 1. The van der Waals surface area contributed by atoms with Crippen LogP contribution in [0.3, 0.4) is 0 Å². The molecule has 1 amide bonds. The van der Waals surface area contributed by atoms with E-state index in [1.807, 2.05) is 24.3 Å². The van der Waals surface area contributed by atoms with Gasteiger partial charge in [-0.2, -0.15) is 5.26 Å². The molecule has 0 bridgehead atoms. The van der Waals surface area contributed by atoms with Crippen LogP contribution >= 0.6 is 11.8 Å². The van der Waals surface area contributed by atoms with Crippen LogP contribution in [0.1, 0.15) is 37.7 Å². The number of fused-ring (bicyclic) bond motifs is 1. The van der Waals surface area contributed by atoms with Gasteiger partial charge < -0.3 is 10.1 Å². The van der Waals surface area contributed by atoms with Gasteiger partial charge in [-0.3, -0.25) is 4.79 Å². The van der Waals surface area contributed by atoms with Gasteiger partial charge in [0, 0.05) is 17.5 Å². The largest absolute Gasteiger partial charge is 0.497 e. The van der Waals surface area contributed by atoms with E-state index in [9.17, 15) is 10.1 Å². The van der Waals surface area contributed by atoms with Crippen LogP contribution in [0.4, 0.5) is 0 Å². The van der Waals surface area contributed by atoms with Gasteiger partial charge in [-0.25, -0.2) is 4.98 Å². The van der Waals surface area contributed by atoms with E-state index in [1.54, 1.807) is 7.11 Å². The first kappa shape index (κ1) is 17.6. The SMILES string of the molecule is COc1ccc2cc(C#N)c(SCC(=O)NC3CCCCC3)nc2c1. The molecular formula is C19H21N3O2S. The van der Waals surface area contributed by atoms with Crippen LogP contribution in [0.5, 0.6) is 5.75 Å². The van der Waals surface area contributed by atoms with Crippen LogP contribution < -0.4 is 10.1 Å². The maximum atomic E-state index is 12.2. The number of benzene rings is 1. The fourth-order valence-corrected chi connectivity index (χ4v) is 3.87. The average Bonchev–Trinajstić information content (AvgIpc) is 2.65. The van der Waals surface area contributed by atoms with Crippen LogP contribution in [-0.4, -0.2) is 29.8 Å². The van der Waals surface area contributed by atoms with Crippen molar-refractivity contribution in [2.45, 2.75) is 43.2 Å². The van der Waals surface area contributed by atoms with Gasteiger partial charge in [-0.15, -0.1) is 0 Å². The number of pyridine rings is 1. The monoisotopic (exact) mass is 355 g/mol. The summed E-state index contributed by atoms with van der Waals surface area (Å²) < 4.78 is 5.23. The first-order valence-corrected chi connectivity index (χ1v) is 9.49. The Morgan fingerprint density at radius 1 is 1.36 bits per heavy atom. The minimum absolute atomic E-state index is 0.00771. The highest BCUT2D eigenvalue weighted by Gasteiger charge is 2.16. The van der Waals surface area contributed by atoms with E-state index in [2.05, 4.69) is 16.4 Å². The second-order valence-corrected chi connectivity index (χ2v) is 7.17. The molecule has 0 unspecified atom stereocenters. The zero-order valence-corrected chi connectivity index (χ0v) is 15.1. The van der Waals surface area contributed by atoms with E-state index in [1.165, 1.54) is 31.0 Å². The third-order valence-corrected chi connectivity index (χ3v) is 5.41. The Bertz CT molecular complexity index is 810. The zero-order valence-electron chi connectivity index (χ0n) is 14.2. The number of rotatable bonds is 5. The number of carbonyl (C=O) groups is 1. The van der Waals surface area contributed by atoms with Gasteiger partial charge in [0.25, 0.3) is 0 Å². The topological polar surface area (TPSA) is 75.0 Å². The average molecular weight is 355 g/mol. The van der Waals surface area contributed by atoms with Gasteiger partial charge in [0.05, 0.1) is 23.9 Å². The molecule has 25 heavy (non-hydrogen) atoms. The minimum atomic E-state index is 0.00771. The molecule has 1 fully saturated rings. The Hall–Kier alpha value is -2.26. The van der Waals surface area contributed by atoms with Crippen molar-refractivity contribution in [3.63, 3.8) is 0 Å². The van der Waals surface area contributed by atoms with Crippen molar-refractivity contribution in [2.24, 2.45) is 0 Å². The van der Waals surface area contributed by atoms with Crippen molar-refractivity contribution in [1.82, 2.24) is 10.3 Å². The number of thioether (sulfide) groups is 1. The van der Waals surface area contributed by atoms with Gasteiger partial charge >= 0.3 is 0 Å². The standard InChI is InChI=1S/C19H21N3O2S/c1-24-16-8-7-13-9-14(11-20)19(22-17(13)10-16)25-12-18(23)21-15-5-3-2-4-6-15/h7-10,15H,2-6,12H2,1H3,(H,21,23). The number of aromatic nitrogens is 1. The maximum absolute atomic E-state index is 12.2. The van der Waals surface area contributed by atoms with E-state index in [-0.39, 0.29) is 11.7 Å². The zero-order chi connectivity index (χ0) is 17.6. The lowest BCUT2D eigenvalue weighted by molar-refractivity contribution is -0.119. The molecule has 0 saturated heterocycles. The van der Waals surface area contributed by atoms with Gasteiger partial charge in [-0.1, -0.05) is 31.0 Å². The van der Waals surface area contributed by atoms with Crippen LogP contribution in [-0.2, 0) is 4.79 Å². The quantitative estimate of drug-likeness (QED) is 0.829. The van der Waals surface area contributed by atoms with Crippen molar-refractivity contribution >= 4 is 28.6 Å². The predicted molar refractivity (Wildman–Crippen MR) is 98.7 cm³/mol. The summed E-state index contributed by atoms with van der Waals surface area (Å²) in [4.78, 5) is 16.7. The second-order valence-electron chi connectivity index (χ2n) is 6.20. The molecule has 2 aromatic rings. The summed E-state index contributed by atoms with van der Waals surface area (Å²) in [6.07, 6.45) is 5.76. The molecule has 1 saturated carbocycles. The third-order valence-electron chi connectivity index (χ3n) is 4.42. The van der Waals surface area contributed by atoms with Crippen LogP contribution in [0.25, 0.3) is 10.9 Å². The lowest BCUT2D eigenvalue weighted by atomic mass is 9.95. The van der Waals surface area contributed by atoms with Crippen LogP contribution in [0, 0.1) is 11.3 Å². The molecule has 1 heterocycles. The molecule has 0 spiro atoms. The highest BCUT2D eigenvalue weighted by molar-refractivity contribution is 8.00. The van der Waals surface area contributed by atoms with Gasteiger partial charge in [0.15, 0.2) is 0 Å². The van der Waals surface area contributed by atoms with Crippen molar-refractivity contribution in [3.05, 3.63) is 29.8 Å². The Balaban J connectivity index is 1.71. The second kappa shape index (κ2) is 8.21. The number of amides is 1. The summed E-state index contributed by atoms with van der Waals surface area (Å²) in [6, 6.07) is 9.84. The van der Waals surface area contributed by atoms with Crippen molar-refractivity contribution in [1.29, 1.82) is 5.26 Å². The summed E-state index contributed by atoms with van der Waals surface area (Å²) in [5, 5.41) is 13.9. The van der Waals surface area contributed by atoms with Crippen molar-refractivity contribution in [3.8, 4) is 11.8 Å². The highest BCUT2D eigenvalue weighted by atomic mass is 32.2. The number of hydrogen-bond donors (Lipinski definition) is 1. The van der Waals surface area contributed by atoms with E-state index in [4.69, 9.17) is 4.74 Å². The Morgan fingerprint density at radius 3 is 2.88 bits per heavy atom. The number of carbonyl (C=O) groups excluding carboxylic acids is 1. The molecule has 0 atom stereocenters. The molecule has 1 N–H and O–H groups in total. The first-order valence-electron chi connectivity index (χ1n) is 8.50. The smallest absolute Gasteiger partial charge is 0.230 e. The Morgan fingerprint density at radius 2 is 2.16 bits per heavy atom. The maximum Gasteiger partial charge on any atom is 0.230 e. The van der Waals surface area contributed by atoms with Crippen LogP contribution in [0.15, 0.2) is 29.3 Å². The lowest BCUT2D eigenvalue weighted by Gasteiger charge is -2.22. The van der Waals surface area contributed by atoms with E-state index in [0.717, 1.165) is 29.5 Å². The predicted octanol–water partition coefficient (Wildman–Crippen LogP) is 3.66. The number of methoxy groups -OCH3 is 1. The summed E-state index contributed by atoms with van der Waals surface area (Å²) in [6.45, 7) is 0. The fourth-order valence-electron chi connectivity index (χ4n) is 3.10. The molecule has 130 valence electrons. The molecule has 0 aliphatic heterocycles. The molecule has 6 heteroatoms. The van der Waals surface area contributed by atoms with Crippen molar-refractivity contribution < 1.29 is 9.53 Å². The first-order chi connectivity index (χ1) is 12.2. The number of nitrogens with one attached hydrogen (secondary N) is 1. The van der Waals surface area contributed by atoms with E-state index >= 15 is 0 Å². The Labute approximate surface area is 151 Å². The summed E-state index contributed by atoms with van der Waals surface area (Å²) in [5.41, 5.74) is 1.25. The molecule has 1 aliphatic carbocycles. The third kappa shape index (κ3) is 4.43.